The Morgan fingerprint density at radius 3 is 2.62 bits per heavy atom. The number of halogens is 1. The quantitative estimate of drug-likeness (QED) is 0.634. The summed E-state index contributed by atoms with van der Waals surface area (Å²) >= 11 is 6.06. The molecule has 5 nitrogen and oxygen atoms in total. The van der Waals surface area contributed by atoms with E-state index in [1.165, 1.54) is 0 Å². The first-order valence-electron chi connectivity index (χ1n) is 6.46. The van der Waals surface area contributed by atoms with Gasteiger partial charge in [0, 0.05) is 22.8 Å². The first kappa shape index (κ1) is 15.6. The Kier molecular flexibility index (Phi) is 5.38. The van der Waals surface area contributed by atoms with Gasteiger partial charge in [0.1, 0.15) is 5.75 Å². The van der Waals surface area contributed by atoms with Crippen LogP contribution in [0.5, 0.6) is 11.6 Å². The van der Waals surface area contributed by atoms with Crippen LogP contribution >= 0.6 is 11.6 Å². The van der Waals surface area contributed by atoms with Gasteiger partial charge in [-0.3, -0.25) is 11.3 Å². The Hall–Kier alpha value is -1.82. The van der Waals surface area contributed by atoms with Crippen LogP contribution in [0.25, 0.3) is 0 Å². The van der Waals surface area contributed by atoms with E-state index in [0.717, 1.165) is 16.9 Å². The number of nitrogens with zero attached hydrogens (tertiary/aromatic N) is 1. The average molecular weight is 308 g/mol. The highest BCUT2D eigenvalue weighted by Gasteiger charge is 2.16. The Morgan fingerprint density at radius 1 is 1.24 bits per heavy atom. The average Bonchev–Trinajstić information content (AvgIpc) is 2.53. The standard InChI is InChI=1S/C15H18ClN3O2/c1-20-14-5-4-11(16)8-12(14)13(19-17)7-10-3-6-15(21-2)18-9-10/h3-6,8-9,13,19H,7,17H2,1-2H3. The lowest BCUT2D eigenvalue weighted by Gasteiger charge is -2.19. The van der Waals surface area contributed by atoms with Crippen molar-refractivity contribution < 1.29 is 9.47 Å². The first-order valence-corrected chi connectivity index (χ1v) is 6.84. The molecule has 1 heterocycles. The number of hydrazine groups is 1. The molecule has 0 aliphatic rings. The van der Waals surface area contributed by atoms with Gasteiger partial charge in [-0.05, 0) is 30.2 Å². The van der Waals surface area contributed by atoms with Gasteiger partial charge in [-0.15, -0.1) is 0 Å². The van der Waals surface area contributed by atoms with Gasteiger partial charge >= 0.3 is 0 Å². The minimum atomic E-state index is -0.131. The van der Waals surface area contributed by atoms with Gasteiger partial charge in [0.2, 0.25) is 5.88 Å². The number of hydrogen-bond acceptors (Lipinski definition) is 5. The van der Waals surface area contributed by atoms with E-state index in [-0.39, 0.29) is 6.04 Å². The van der Waals surface area contributed by atoms with Crippen LogP contribution in [0.2, 0.25) is 5.02 Å². The summed E-state index contributed by atoms with van der Waals surface area (Å²) in [5, 5.41) is 0.638. The van der Waals surface area contributed by atoms with E-state index >= 15 is 0 Å². The summed E-state index contributed by atoms with van der Waals surface area (Å²) in [7, 11) is 3.21. The maximum Gasteiger partial charge on any atom is 0.212 e. The molecule has 0 amide bonds. The van der Waals surface area contributed by atoms with Gasteiger partial charge in [-0.2, -0.15) is 0 Å². The second kappa shape index (κ2) is 7.26. The zero-order valence-electron chi connectivity index (χ0n) is 12.0. The molecule has 6 heteroatoms. The van der Waals surface area contributed by atoms with E-state index in [0.29, 0.717) is 17.3 Å². The summed E-state index contributed by atoms with van der Waals surface area (Å²) in [5.41, 5.74) is 4.73. The Bertz CT molecular complexity index is 590. The molecule has 2 aromatic rings. The highest BCUT2D eigenvalue weighted by molar-refractivity contribution is 6.30. The zero-order chi connectivity index (χ0) is 15.2. The molecule has 0 saturated heterocycles. The van der Waals surface area contributed by atoms with E-state index in [1.54, 1.807) is 26.5 Å². The molecular weight excluding hydrogens is 290 g/mol. The minimum Gasteiger partial charge on any atom is -0.496 e. The molecule has 1 atom stereocenters. The number of aromatic nitrogens is 1. The molecule has 112 valence electrons. The van der Waals surface area contributed by atoms with E-state index in [1.807, 2.05) is 24.3 Å². The third-order valence-corrected chi connectivity index (χ3v) is 3.45. The van der Waals surface area contributed by atoms with Crippen LogP contribution < -0.4 is 20.7 Å². The molecule has 1 aromatic carbocycles. The summed E-state index contributed by atoms with van der Waals surface area (Å²) in [6.07, 6.45) is 2.42. The summed E-state index contributed by atoms with van der Waals surface area (Å²) in [6.45, 7) is 0. The number of nitrogens with one attached hydrogen (secondary N) is 1. The second-order valence-electron chi connectivity index (χ2n) is 4.52. The topological polar surface area (TPSA) is 69.4 Å². The van der Waals surface area contributed by atoms with Crippen LogP contribution in [0.4, 0.5) is 0 Å². The maximum atomic E-state index is 6.06. The lowest BCUT2D eigenvalue weighted by atomic mass is 9.99. The van der Waals surface area contributed by atoms with Gasteiger partial charge in [-0.25, -0.2) is 4.98 Å². The normalized spacial score (nSPS) is 12.0. The number of rotatable bonds is 6. The minimum absolute atomic E-state index is 0.131. The monoisotopic (exact) mass is 307 g/mol. The molecule has 0 aliphatic heterocycles. The van der Waals surface area contributed by atoms with E-state index < -0.39 is 0 Å². The second-order valence-corrected chi connectivity index (χ2v) is 4.95. The number of pyridine rings is 1. The first-order chi connectivity index (χ1) is 10.2. The van der Waals surface area contributed by atoms with Gasteiger partial charge in [0.15, 0.2) is 0 Å². The van der Waals surface area contributed by atoms with Crippen molar-refractivity contribution in [1.82, 2.24) is 10.4 Å². The van der Waals surface area contributed by atoms with Crippen LogP contribution in [0, 0.1) is 0 Å². The third kappa shape index (κ3) is 3.85. The number of benzene rings is 1. The van der Waals surface area contributed by atoms with E-state index in [2.05, 4.69) is 10.4 Å². The van der Waals surface area contributed by atoms with Crippen LogP contribution in [-0.2, 0) is 6.42 Å². The van der Waals surface area contributed by atoms with Gasteiger partial charge in [-0.1, -0.05) is 17.7 Å². The van der Waals surface area contributed by atoms with Crippen molar-refractivity contribution in [2.24, 2.45) is 5.84 Å². The summed E-state index contributed by atoms with van der Waals surface area (Å²) in [6, 6.07) is 9.10. The molecule has 1 aromatic heterocycles. The van der Waals surface area contributed by atoms with Gasteiger partial charge in [0.25, 0.3) is 0 Å². The van der Waals surface area contributed by atoms with Crippen molar-refractivity contribution in [3.8, 4) is 11.6 Å². The molecule has 1 unspecified atom stereocenters. The molecule has 0 fully saturated rings. The lowest BCUT2D eigenvalue weighted by molar-refractivity contribution is 0.395. The third-order valence-electron chi connectivity index (χ3n) is 3.21. The van der Waals surface area contributed by atoms with E-state index in [4.69, 9.17) is 26.9 Å². The van der Waals surface area contributed by atoms with E-state index in [9.17, 15) is 0 Å². The summed E-state index contributed by atoms with van der Waals surface area (Å²) in [4.78, 5) is 4.19. The van der Waals surface area contributed by atoms with Crippen LogP contribution in [0.15, 0.2) is 36.5 Å². The highest BCUT2D eigenvalue weighted by atomic mass is 35.5. The Balaban J connectivity index is 2.24. The van der Waals surface area contributed by atoms with Crippen molar-refractivity contribution >= 4 is 11.6 Å². The zero-order valence-corrected chi connectivity index (χ0v) is 12.7. The smallest absolute Gasteiger partial charge is 0.212 e. The predicted octanol–water partition coefficient (Wildman–Crippen LogP) is 2.50. The number of ether oxygens (including phenoxy) is 2. The Labute approximate surface area is 129 Å². The molecule has 2 rings (SSSR count). The number of hydrogen-bond donors (Lipinski definition) is 2. The highest BCUT2D eigenvalue weighted by Crippen LogP contribution is 2.30. The molecule has 3 N–H and O–H groups in total. The summed E-state index contributed by atoms with van der Waals surface area (Å²) < 4.78 is 10.4. The number of methoxy groups -OCH3 is 2. The lowest BCUT2D eigenvalue weighted by Crippen LogP contribution is -2.30. The molecule has 0 radical (unpaired) electrons. The Morgan fingerprint density at radius 2 is 2.05 bits per heavy atom. The molecule has 0 saturated carbocycles. The van der Waals surface area contributed by atoms with Crippen molar-refractivity contribution in [3.63, 3.8) is 0 Å². The SMILES string of the molecule is COc1ccc(CC(NN)c2cc(Cl)ccc2OC)cn1. The fraction of sp³-hybridized carbons (Fsp3) is 0.267. The predicted molar refractivity (Wildman–Crippen MR) is 82.6 cm³/mol. The van der Waals surface area contributed by atoms with Crippen LogP contribution in [0.1, 0.15) is 17.2 Å². The van der Waals surface area contributed by atoms with Crippen LogP contribution in [-0.4, -0.2) is 19.2 Å². The van der Waals surface area contributed by atoms with Crippen LogP contribution in [0.3, 0.4) is 0 Å². The van der Waals surface area contributed by atoms with Gasteiger partial charge in [0.05, 0.1) is 20.3 Å². The van der Waals surface area contributed by atoms with Crippen molar-refractivity contribution in [3.05, 3.63) is 52.7 Å². The van der Waals surface area contributed by atoms with Crippen molar-refractivity contribution in [1.29, 1.82) is 0 Å². The maximum absolute atomic E-state index is 6.06. The fourth-order valence-corrected chi connectivity index (χ4v) is 2.30. The van der Waals surface area contributed by atoms with Gasteiger partial charge < -0.3 is 9.47 Å². The summed E-state index contributed by atoms with van der Waals surface area (Å²) in [5.74, 6) is 7.01. The number of nitrogens with two attached hydrogens (primary N) is 1. The molecule has 0 spiro atoms. The van der Waals surface area contributed by atoms with Crippen molar-refractivity contribution in [2.45, 2.75) is 12.5 Å². The van der Waals surface area contributed by atoms with Crippen molar-refractivity contribution in [2.75, 3.05) is 14.2 Å². The fourth-order valence-electron chi connectivity index (χ4n) is 2.12. The largest absolute Gasteiger partial charge is 0.496 e. The molecule has 0 bridgehead atoms. The molecule has 21 heavy (non-hydrogen) atoms. The molecular formula is C15H18ClN3O2. The molecule has 0 aliphatic carbocycles.